The van der Waals surface area contributed by atoms with E-state index in [1.807, 2.05) is 12.1 Å². The average Bonchev–Trinajstić information content (AvgIpc) is 3.13. The van der Waals surface area contributed by atoms with Crippen molar-refractivity contribution >= 4 is 23.6 Å². The minimum atomic E-state index is -0.491. The summed E-state index contributed by atoms with van der Waals surface area (Å²) in [6.45, 7) is 4.02. The lowest BCUT2D eigenvalue weighted by molar-refractivity contribution is -0.117. The molecule has 34 heavy (non-hydrogen) atoms. The molecule has 4 rings (SSSR count). The van der Waals surface area contributed by atoms with Crippen molar-refractivity contribution in [2.45, 2.75) is 13.0 Å². The number of hydrazine groups is 1. The summed E-state index contributed by atoms with van der Waals surface area (Å²) < 4.78 is 24.7. The lowest BCUT2D eigenvalue weighted by atomic mass is 10.0. The topological polar surface area (TPSA) is 67.9 Å². The molecule has 0 unspecified atom stereocenters. The normalized spacial score (nSPS) is 14.3. The van der Waals surface area contributed by atoms with Crippen molar-refractivity contribution in [1.82, 2.24) is 5.43 Å². The van der Waals surface area contributed by atoms with Gasteiger partial charge in [0.05, 0.1) is 12.8 Å². The number of carbonyl (C=O) groups excluding carboxylic acids is 2. The van der Waals surface area contributed by atoms with E-state index < -0.39 is 11.8 Å². The summed E-state index contributed by atoms with van der Waals surface area (Å²) >= 11 is 0. The number of para-hydroxylation sites is 1. The van der Waals surface area contributed by atoms with Gasteiger partial charge in [-0.2, -0.15) is 0 Å². The summed E-state index contributed by atoms with van der Waals surface area (Å²) in [6.07, 6.45) is 3.73. The molecule has 1 fully saturated rings. The molecule has 0 bridgehead atoms. The van der Waals surface area contributed by atoms with E-state index in [0.29, 0.717) is 29.2 Å². The van der Waals surface area contributed by atoms with E-state index in [2.05, 4.69) is 12.0 Å². The summed E-state index contributed by atoms with van der Waals surface area (Å²) in [5.74, 6) is -0.296. The standard InChI is InChI=1S/C27H23FN2O4/c1-3-7-20-14-19(15-23-26(31)29-30(27(23)32)22-8-5-4-6-9-22)16-24(33-2)25(20)34-17-18-10-12-21(28)13-11-18/h3-6,8-16H,1,7,17H2,2H3,(H,29,31)/b23-15-. The molecule has 0 atom stereocenters. The third-order valence-electron chi connectivity index (χ3n) is 5.25. The largest absolute Gasteiger partial charge is 0.493 e. The van der Waals surface area contributed by atoms with Crippen LogP contribution < -0.4 is 19.9 Å². The smallest absolute Gasteiger partial charge is 0.282 e. The van der Waals surface area contributed by atoms with Crippen molar-refractivity contribution < 1.29 is 23.5 Å². The van der Waals surface area contributed by atoms with E-state index in [1.54, 1.807) is 48.5 Å². The Kier molecular flexibility index (Phi) is 6.73. The maximum Gasteiger partial charge on any atom is 0.282 e. The van der Waals surface area contributed by atoms with Crippen molar-refractivity contribution in [1.29, 1.82) is 0 Å². The van der Waals surface area contributed by atoms with Crippen LogP contribution in [-0.4, -0.2) is 18.9 Å². The lowest BCUT2D eigenvalue weighted by Gasteiger charge is -2.16. The Morgan fingerprint density at radius 1 is 1.06 bits per heavy atom. The first-order valence-corrected chi connectivity index (χ1v) is 10.6. The van der Waals surface area contributed by atoms with Crippen molar-refractivity contribution in [3.8, 4) is 11.5 Å². The Hall–Kier alpha value is -4.39. The zero-order chi connectivity index (χ0) is 24.1. The van der Waals surface area contributed by atoms with Crippen LogP contribution in [0.25, 0.3) is 6.08 Å². The highest BCUT2D eigenvalue weighted by Crippen LogP contribution is 2.35. The van der Waals surface area contributed by atoms with Gasteiger partial charge in [0.1, 0.15) is 18.0 Å². The van der Waals surface area contributed by atoms with Gasteiger partial charge in [-0.25, -0.2) is 9.40 Å². The lowest BCUT2D eigenvalue weighted by Crippen LogP contribution is -2.35. The predicted molar refractivity (Wildman–Crippen MR) is 128 cm³/mol. The average molecular weight is 458 g/mol. The van der Waals surface area contributed by atoms with Crippen LogP contribution >= 0.6 is 0 Å². The fraction of sp³-hybridized carbons (Fsp3) is 0.111. The number of nitrogens with zero attached hydrogens (tertiary/aromatic N) is 1. The number of amides is 2. The fourth-order valence-electron chi connectivity index (χ4n) is 3.61. The first-order valence-electron chi connectivity index (χ1n) is 10.6. The summed E-state index contributed by atoms with van der Waals surface area (Å²) in [5.41, 5.74) is 5.35. The number of rotatable bonds is 8. The number of hydrogen-bond acceptors (Lipinski definition) is 4. The number of nitrogens with one attached hydrogen (secondary N) is 1. The Balaban J connectivity index is 1.64. The minimum Gasteiger partial charge on any atom is -0.493 e. The first-order chi connectivity index (χ1) is 16.5. The second-order valence-electron chi connectivity index (χ2n) is 7.59. The highest BCUT2D eigenvalue weighted by atomic mass is 19.1. The molecule has 1 saturated heterocycles. The minimum absolute atomic E-state index is 0.00967. The van der Waals surface area contributed by atoms with E-state index in [4.69, 9.17) is 9.47 Å². The SMILES string of the molecule is C=CCc1cc(/C=C2/C(=O)NN(c3ccccc3)C2=O)cc(OC)c1OCc1ccc(F)cc1. The van der Waals surface area contributed by atoms with Crippen molar-refractivity contribution in [3.05, 3.63) is 107 Å². The van der Waals surface area contributed by atoms with Gasteiger partial charge in [-0.3, -0.25) is 15.0 Å². The van der Waals surface area contributed by atoms with Gasteiger partial charge in [0.15, 0.2) is 11.5 Å². The molecule has 2 amide bonds. The maximum absolute atomic E-state index is 13.2. The monoisotopic (exact) mass is 458 g/mol. The molecule has 3 aromatic carbocycles. The van der Waals surface area contributed by atoms with Crippen LogP contribution in [0.15, 0.2) is 85.0 Å². The molecule has 172 valence electrons. The molecular formula is C27H23FN2O4. The first kappa shape index (κ1) is 22.8. The Bertz CT molecular complexity index is 1250. The van der Waals surface area contributed by atoms with Crippen molar-refractivity contribution in [3.63, 3.8) is 0 Å². The predicted octanol–water partition coefficient (Wildman–Crippen LogP) is 4.60. The number of halogens is 1. The van der Waals surface area contributed by atoms with Crippen LogP contribution in [0.5, 0.6) is 11.5 Å². The fourth-order valence-corrected chi connectivity index (χ4v) is 3.61. The van der Waals surface area contributed by atoms with Crippen LogP contribution in [0.1, 0.15) is 16.7 Å². The van der Waals surface area contributed by atoms with Crippen molar-refractivity contribution in [2.75, 3.05) is 12.1 Å². The molecule has 1 heterocycles. The molecule has 1 N–H and O–H groups in total. The van der Waals surface area contributed by atoms with Gasteiger partial charge >= 0.3 is 0 Å². The van der Waals surface area contributed by atoms with Crippen molar-refractivity contribution in [2.24, 2.45) is 0 Å². The summed E-state index contributed by atoms with van der Waals surface area (Å²) in [5, 5.41) is 1.22. The molecule has 3 aromatic rings. The highest BCUT2D eigenvalue weighted by Gasteiger charge is 2.34. The van der Waals surface area contributed by atoms with Gasteiger partial charge in [-0.05, 0) is 60.0 Å². The number of carbonyl (C=O) groups is 2. The number of allylic oxidation sites excluding steroid dienone is 1. The van der Waals surface area contributed by atoms with E-state index in [0.717, 1.165) is 11.1 Å². The van der Waals surface area contributed by atoms with E-state index in [-0.39, 0.29) is 18.0 Å². The Labute approximate surface area is 196 Å². The second kappa shape index (κ2) is 10.0. The van der Waals surface area contributed by atoms with Crippen LogP contribution in [-0.2, 0) is 22.6 Å². The molecular weight excluding hydrogens is 435 g/mol. The number of benzene rings is 3. The molecule has 0 saturated carbocycles. The summed E-state index contributed by atoms with van der Waals surface area (Å²) in [6, 6.07) is 18.4. The maximum atomic E-state index is 13.2. The quantitative estimate of drug-likeness (QED) is 0.304. The van der Waals surface area contributed by atoms with E-state index in [9.17, 15) is 14.0 Å². The number of hydrogen-bond donors (Lipinski definition) is 1. The Morgan fingerprint density at radius 3 is 2.47 bits per heavy atom. The van der Waals surface area contributed by atoms with Crippen LogP contribution in [0, 0.1) is 5.82 Å². The molecule has 0 spiro atoms. The second-order valence-corrected chi connectivity index (χ2v) is 7.59. The van der Waals surface area contributed by atoms with Gasteiger partial charge in [0, 0.05) is 5.56 Å². The van der Waals surface area contributed by atoms with Gasteiger partial charge < -0.3 is 9.47 Å². The van der Waals surface area contributed by atoms with E-state index >= 15 is 0 Å². The van der Waals surface area contributed by atoms with E-state index in [1.165, 1.54) is 30.3 Å². The van der Waals surface area contributed by atoms with Gasteiger partial charge in [-0.15, -0.1) is 6.58 Å². The molecule has 6 nitrogen and oxygen atoms in total. The Morgan fingerprint density at radius 2 is 1.79 bits per heavy atom. The highest BCUT2D eigenvalue weighted by molar-refractivity contribution is 6.31. The summed E-state index contributed by atoms with van der Waals surface area (Å²) in [4.78, 5) is 25.5. The number of anilines is 1. The molecule has 0 radical (unpaired) electrons. The molecule has 0 aromatic heterocycles. The van der Waals surface area contributed by atoms with Gasteiger partial charge in [0.25, 0.3) is 11.8 Å². The number of methoxy groups -OCH3 is 1. The molecule has 1 aliphatic rings. The third-order valence-corrected chi connectivity index (χ3v) is 5.25. The van der Waals surface area contributed by atoms with Gasteiger partial charge in [0.2, 0.25) is 0 Å². The zero-order valence-corrected chi connectivity index (χ0v) is 18.6. The summed E-state index contributed by atoms with van der Waals surface area (Å²) in [7, 11) is 1.51. The van der Waals surface area contributed by atoms with Crippen LogP contribution in [0.3, 0.4) is 0 Å². The van der Waals surface area contributed by atoms with Crippen LogP contribution in [0.4, 0.5) is 10.1 Å². The number of ether oxygens (including phenoxy) is 2. The van der Waals surface area contributed by atoms with Gasteiger partial charge in [-0.1, -0.05) is 36.4 Å². The van der Waals surface area contributed by atoms with Crippen LogP contribution in [0.2, 0.25) is 0 Å². The molecule has 1 aliphatic heterocycles. The molecule has 0 aliphatic carbocycles. The zero-order valence-electron chi connectivity index (χ0n) is 18.6. The third kappa shape index (κ3) is 4.83. The molecule has 7 heteroatoms.